The van der Waals surface area contributed by atoms with Crippen LogP contribution in [0.3, 0.4) is 0 Å². The number of carbonyl (C=O) groups is 2. The molecule has 0 aliphatic rings. The van der Waals surface area contributed by atoms with Crippen LogP contribution in [0, 0.1) is 12.3 Å². The molecule has 0 bridgehead atoms. The Morgan fingerprint density at radius 1 is 1.29 bits per heavy atom. The van der Waals surface area contributed by atoms with Crippen LogP contribution < -0.4 is 5.32 Å². The van der Waals surface area contributed by atoms with Crippen LogP contribution in [0.2, 0.25) is 0 Å². The molecule has 1 amide bonds. The molecule has 4 nitrogen and oxygen atoms in total. The molecule has 1 aromatic rings. The van der Waals surface area contributed by atoms with Crippen LogP contribution in [0.1, 0.15) is 60.1 Å². The number of carboxylic acids is 1. The Morgan fingerprint density at radius 3 is 2.38 bits per heavy atom. The highest BCUT2D eigenvalue weighted by molar-refractivity contribution is 7.14. The van der Waals surface area contributed by atoms with Gasteiger partial charge in [-0.3, -0.25) is 9.59 Å². The Morgan fingerprint density at radius 2 is 1.90 bits per heavy atom. The highest BCUT2D eigenvalue weighted by Gasteiger charge is 2.35. The Hall–Kier alpha value is -1.36. The molecular weight excluding hydrogens is 286 g/mol. The van der Waals surface area contributed by atoms with Gasteiger partial charge in [-0.25, -0.2) is 0 Å². The van der Waals surface area contributed by atoms with Gasteiger partial charge in [0.2, 0.25) is 0 Å². The van der Waals surface area contributed by atoms with Crippen molar-refractivity contribution in [1.82, 2.24) is 5.32 Å². The van der Waals surface area contributed by atoms with Gasteiger partial charge >= 0.3 is 5.97 Å². The van der Waals surface area contributed by atoms with Gasteiger partial charge < -0.3 is 10.4 Å². The Labute approximate surface area is 130 Å². The number of rotatable bonds is 8. The van der Waals surface area contributed by atoms with E-state index in [4.69, 9.17) is 0 Å². The fourth-order valence-electron chi connectivity index (χ4n) is 2.36. The molecule has 0 fully saturated rings. The van der Waals surface area contributed by atoms with E-state index in [0.29, 0.717) is 17.7 Å². The molecule has 0 spiro atoms. The van der Waals surface area contributed by atoms with Gasteiger partial charge in [0.1, 0.15) is 0 Å². The van der Waals surface area contributed by atoms with Crippen molar-refractivity contribution < 1.29 is 14.7 Å². The summed E-state index contributed by atoms with van der Waals surface area (Å²) in [6.45, 7) is 8.00. The normalized spacial score (nSPS) is 11.4. The number of carboxylic acid groups (broad SMARTS) is 1. The van der Waals surface area contributed by atoms with E-state index in [9.17, 15) is 14.7 Å². The zero-order valence-corrected chi connectivity index (χ0v) is 14.1. The van der Waals surface area contributed by atoms with Crippen LogP contribution in [0.15, 0.2) is 6.07 Å². The molecule has 0 saturated heterocycles. The summed E-state index contributed by atoms with van der Waals surface area (Å²) in [6, 6.07) is 1.93. The predicted molar refractivity (Wildman–Crippen MR) is 86.0 cm³/mol. The lowest BCUT2D eigenvalue weighted by molar-refractivity contribution is -0.149. The number of hydrogen-bond donors (Lipinski definition) is 2. The second-order valence-electron chi connectivity index (χ2n) is 5.42. The van der Waals surface area contributed by atoms with E-state index in [1.54, 1.807) is 0 Å². The molecule has 0 aliphatic carbocycles. The molecule has 0 unspecified atom stereocenters. The van der Waals surface area contributed by atoms with Crippen molar-refractivity contribution in [3.63, 3.8) is 0 Å². The van der Waals surface area contributed by atoms with E-state index in [1.807, 2.05) is 26.8 Å². The highest BCUT2D eigenvalue weighted by Crippen LogP contribution is 2.27. The number of hydrogen-bond acceptors (Lipinski definition) is 3. The molecule has 0 aliphatic heterocycles. The monoisotopic (exact) mass is 311 g/mol. The third-order valence-corrected chi connectivity index (χ3v) is 5.25. The third-order valence-electron chi connectivity index (χ3n) is 4.16. The van der Waals surface area contributed by atoms with Gasteiger partial charge in [0.05, 0.1) is 10.3 Å². The van der Waals surface area contributed by atoms with Crippen LogP contribution in [0.5, 0.6) is 0 Å². The van der Waals surface area contributed by atoms with Gasteiger partial charge in [-0.15, -0.1) is 11.3 Å². The van der Waals surface area contributed by atoms with E-state index < -0.39 is 11.4 Å². The molecule has 0 aromatic carbocycles. The molecule has 21 heavy (non-hydrogen) atoms. The molecule has 0 atom stereocenters. The van der Waals surface area contributed by atoms with Gasteiger partial charge in [-0.2, -0.15) is 0 Å². The first-order valence-electron chi connectivity index (χ1n) is 7.51. The summed E-state index contributed by atoms with van der Waals surface area (Å²) in [6.07, 6.45) is 3.03. The molecule has 2 N–H and O–H groups in total. The largest absolute Gasteiger partial charge is 0.481 e. The van der Waals surface area contributed by atoms with Crippen LogP contribution in [-0.4, -0.2) is 23.5 Å². The summed E-state index contributed by atoms with van der Waals surface area (Å²) in [5, 5.41) is 12.2. The number of amides is 1. The molecule has 5 heteroatoms. The molecule has 1 aromatic heterocycles. The minimum Gasteiger partial charge on any atom is -0.481 e. The van der Waals surface area contributed by atoms with Crippen molar-refractivity contribution >= 4 is 23.2 Å². The number of thiophene rings is 1. The Bertz CT molecular complexity index is 504. The van der Waals surface area contributed by atoms with Crippen LogP contribution >= 0.6 is 11.3 Å². The van der Waals surface area contributed by atoms with Crippen molar-refractivity contribution in [3.05, 3.63) is 21.4 Å². The summed E-state index contributed by atoms with van der Waals surface area (Å²) < 4.78 is 0. The van der Waals surface area contributed by atoms with E-state index in [1.165, 1.54) is 16.9 Å². The van der Waals surface area contributed by atoms with E-state index in [2.05, 4.69) is 12.2 Å². The van der Waals surface area contributed by atoms with Crippen molar-refractivity contribution in [2.24, 2.45) is 5.41 Å². The van der Waals surface area contributed by atoms with Gasteiger partial charge in [0.25, 0.3) is 5.91 Å². The van der Waals surface area contributed by atoms with Crippen molar-refractivity contribution in [2.75, 3.05) is 6.54 Å². The topological polar surface area (TPSA) is 66.4 Å². The molecule has 0 saturated carbocycles. The van der Waals surface area contributed by atoms with Crippen LogP contribution in [0.4, 0.5) is 0 Å². The summed E-state index contributed by atoms with van der Waals surface area (Å²) in [4.78, 5) is 25.5. The smallest absolute Gasteiger partial charge is 0.311 e. The number of carbonyl (C=O) groups excluding carboxylic acids is 1. The molecular formula is C16H25NO3S. The lowest BCUT2D eigenvalue weighted by Gasteiger charge is -2.26. The van der Waals surface area contributed by atoms with E-state index in [-0.39, 0.29) is 12.5 Å². The second kappa shape index (κ2) is 7.59. The highest BCUT2D eigenvalue weighted by atomic mass is 32.1. The van der Waals surface area contributed by atoms with Crippen molar-refractivity contribution in [1.29, 1.82) is 0 Å². The first-order valence-corrected chi connectivity index (χ1v) is 8.32. The molecule has 118 valence electrons. The number of aryl methyl sites for hydroxylation is 2. The van der Waals surface area contributed by atoms with Crippen LogP contribution in [-0.2, 0) is 11.2 Å². The van der Waals surface area contributed by atoms with Crippen molar-refractivity contribution in [2.45, 2.75) is 53.4 Å². The Balaban J connectivity index is 2.77. The maximum absolute atomic E-state index is 12.2. The zero-order chi connectivity index (χ0) is 16.0. The fourth-order valence-corrected chi connectivity index (χ4v) is 3.35. The average Bonchev–Trinajstić information content (AvgIpc) is 2.82. The lowest BCUT2D eigenvalue weighted by Crippen LogP contribution is -2.42. The van der Waals surface area contributed by atoms with Gasteiger partial charge in [0, 0.05) is 11.4 Å². The molecule has 0 radical (unpaired) electrons. The third kappa shape index (κ3) is 4.06. The maximum atomic E-state index is 12.2. The summed E-state index contributed by atoms with van der Waals surface area (Å²) >= 11 is 1.48. The standard InChI is InChI=1S/C16H25NO3S/c1-5-8-12-9-13(21-11(12)4)14(18)17-10-16(6-2,7-3)15(19)20/h9H,5-8,10H2,1-4H3,(H,17,18)(H,19,20). The Kier molecular flexibility index (Phi) is 6.40. The summed E-state index contributed by atoms with van der Waals surface area (Å²) in [5.74, 6) is -1.01. The van der Waals surface area contributed by atoms with Gasteiger partial charge in [0.15, 0.2) is 0 Å². The minimum absolute atomic E-state index is 0.169. The van der Waals surface area contributed by atoms with E-state index >= 15 is 0 Å². The first kappa shape index (κ1) is 17.7. The molecule has 1 heterocycles. The first-order chi connectivity index (χ1) is 9.90. The van der Waals surface area contributed by atoms with Crippen molar-refractivity contribution in [3.8, 4) is 0 Å². The minimum atomic E-state index is -0.867. The maximum Gasteiger partial charge on any atom is 0.311 e. The predicted octanol–water partition coefficient (Wildman–Crippen LogP) is 3.63. The zero-order valence-electron chi connectivity index (χ0n) is 13.3. The van der Waals surface area contributed by atoms with Gasteiger partial charge in [-0.05, 0) is 37.8 Å². The molecule has 1 rings (SSSR count). The summed E-state index contributed by atoms with van der Waals surface area (Å²) in [5.41, 5.74) is 0.344. The number of aliphatic carboxylic acids is 1. The van der Waals surface area contributed by atoms with Crippen LogP contribution in [0.25, 0.3) is 0 Å². The average molecular weight is 311 g/mol. The summed E-state index contributed by atoms with van der Waals surface area (Å²) in [7, 11) is 0. The quantitative estimate of drug-likeness (QED) is 0.770. The van der Waals surface area contributed by atoms with Gasteiger partial charge in [-0.1, -0.05) is 27.2 Å². The second-order valence-corrected chi connectivity index (χ2v) is 6.67. The number of nitrogens with one attached hydrogen (secondary N) is 1. The fraction of sp³-hybridized carbons (Fsp3) is 0.625. The SMILES string of the molecule is CCCc1cc(C(=O)NCC(CC)(CC)C(=O)O)sc1C. The van der Waals surface area contributed by atoms with E-state index in [0.717, 1.165) is 17.7 Å². The lowest BCUT2D eigenvalue weighted by atomic mass is 9.82.